The van der Waals surface area contributed by atoms with Gasteiger partial charge in [0.15, 0.2) is 0 Å². The van der Waals surface area contributed by atoms with Crippen molar-refractivity contribution in [2.45, 2.75) is 23.8 Å². The van der Waals surface area contributed by atoms with Crippen molar-refractivity contribution >= 4 is 31.6 Å². The maximum Gasteiger partial charge on any atom is 0.241 e. The van der Waals surface area contributed by atoms with Gasteiger partial charge in [0.2, 0.25) is 10.0 Å². The lowest BCUT2D eigenvalue weighted by molar-refractivity contribution is 0.414. The molecule has 5 nitrogen and oxygen atoms in total. The van der Waals surface area contributed by atoms with Gasteiger partial charge in [0, 0.05) is 29.3 Å². The second kappa shape index (κ2) is 7.94. The van der Waals surface area contributed by atoms with Gasteiger partial charge in [0.1, 0.15) is 11.6 Å². The first-order valence-electron chi connectivity index (χ1n) is 8.25. The molecule has 1 aliphatic rings. The summed E-state index contributed by atoms with van der Waals surface area (Å²) >= 11 is 3.12. The third-order valence-corrected chi connectivity index (χ3v) is 6.93. The first-order chi connectivity index (χ1) is 12.4. The van der Waals surface area contributed by atoms with E-state index in [4.69, 9.17) is 4.74 Å². The Bertz CT molecular complexity index is 867. The van der Waals surface area contributed by atoms with Crippen molar-refractivity contribution in [1.82, 2.24) is 4.72 Å². The zero-order valence-corrected chi connectivity index (χ0v) is 16.7. The van der Waals surface area contributed by atoms with Crippen molar-refractivity contribution < 1.29 is 17.5 Å². The van der Waals surface area contributed by atoms with E-state index in [2.05, 4.69) is 25.6 Å². The van der Waals surface area contributed by atoms with Gasteiger partial charge < -0.3 is 9.64 Å². The molecule has 1 N–H and O–H groups in total. The van der Waals surface area contributed by atoms with Crippen LogP contribution in [0.5, 0.6) is 5.75 Å². The smallest absolute Gasteiger partial charge is 0.241 e. The number of hydrogen-bond donors (Lipinski definition) is 1. The number of benzene rings is 2. The molecule has 0 radical (unpaired) electrons. The number of piperidine rings is 1. The minimum absolute atomic E-state index is 0.0523. The van der Waals surface area contributed by atoms with Crippen LogP contribution < -0.4 is 14.4 Å². The molecule has 0 amide bonds. The van der Waals surface area contributed by atoms with Gasteiger partial charge in [-0.3, -0.25) is 0 Å². The highest BCUT2D eigenvalue weighted by atomic mass is 79.9. The van der Waals surface area contributed by atoms with Crippen LogP contribution in [0.15, 0.2) is 51.8 Å². The summed E-state index contributed by atoms with van der Waals surface area (Å²) < 4.78 is 46.4. The van der Waals surface area contributed by atoms with Gasteiger partial charge in [-0.25, -0.2) is 17.5 Å². The molecule has 1 heterocycles. The van der Waals surface area contributed by atoms with E-state index in [0.29, 0.717) is 12.8 Å². The molecule has 2 aromatic rings. The quantitative estimate of drug-likeness (QED) is 0.768. The van der Waals surface area contributed by atoms with Crippen LogP contribution in [0.1, 0.15) is 12.8 Å². The standard InChI is InChI=1S/C18H20BrFN2O3S/c1-25-16-5-3-15(4-6-16)22-10-8-14(9-11-22)21-26(23,24)18-7-2-13(20)12-17(18)19/h2-7,12,14,21H,8-11H2,1H3. The third-order valence-electron chi connectivity index (χ3n) is 4.44. The van der Waals surface area contributed by atoms with Crippen molar-refractivity contribution in [1.29, 1.82) is 0 Å². The summed E-state index contributed by atoms with van der Waals surface area (Å²) in [4.78, 5) is 2.27. The Hall–Kier alpha value is -1.64. The molecule has 2 aromatic carbocycles. The van der Waals surface area contributed by atoms with Crippen molar-refractivity contribution in [2.24, 2.45) is 0 Å². The van der Waals surface area contributed by atoms with Gasteiger partial charge >= 0.3 is 0 Å². The minimum Gasteiger partial charge on any atom is -0.497 e. The molecule has 0 spiro atoms. The number of anilines is 1. The molecule has 26 heavy (non-hydrogen) atoms. The van der Waals surface area contributed by atoms with Gasteiger partial charge in [-0.05, 0) is 71.2 Å². The highest BCUT2D eigenvalue weighted by Crippen LogP contribution is 2.26. The molecular formula is C18H20BrFN2O3S. The maximum absolute atomic E-state index is 13.2. The van der Waals surface area contributed by atoms with Crippen LogP contribution in [0, 0.1) is 5.82 Å². The molecule has 140 valence electrons. The Kier molecular flexibility index (Phi) is 5.84. The molecule has 0 atom stereocenters. The molecule has 0 bridgehead atoms. The number of halogens is 2. The number of ether oxygens (including phenoxy) is 1. The summed E-state index contributed by atoms with van der Waals surface area (Å²) in [5, 5.41) is 0. The van der Waals surface area contributed by atoms with Crippen LogP contribution >= 0.6 is 15.9 Å². The zero-order valence-electron chi connectivity index (χ0n) is 14.3. The van der Waals surface area contributed by atoms with Crippen molar-refractivity contribution in [3.8, 4) is 5.75 Å². The molecule has 0 aliphatic carbocycles. The SMILES string of the molecule is COc1ccc(N2CCC(NS(=O)(=O)c3ccc(F)cc3Br)CC2)cc1. The zero-order chi connectivity index (χ0) is 18.7. The van der Waals surface area contributed by atoms with Crippen molar-refractivity contribution in [3.05, 3.63) is 52.8 Å². The van der Waals surface area contributed by atoms with Crippen LogP contribution in [-0.4, -0.2) is 34.7 Å². The first-order valence-corrected chi connectivity index (χ1v) is 10.5. The number of rotatable bonds is 5. The average molecular weight is 443 g/mol. The fraction of sp³-hybridized carbons (Fsp3) is 0.333. The predicted molar refractivity (Wildman–Crippen MR) is 103 cm³/mol. The van der Waals surface area contributed by atoms with E-state index in [1.54, 1.807) is 7.11 Å². The topological polar surface area (TPSA) is 58.6 Å². The second-order valence-corrected chi connectivity index (χ2v) is 8.69. The Morgan fingerprint density at radius 2 is 1.81 bits per heavy atom. The van der Waals surface area contributed by atoms with E-state index in [9.17, 15) is 12.8 Å². The number of sulfonamides is 1. The van der Waals surface area contributed by atoms with E-state index < -0.39 is 15.8 Å². The number of nitrogens with one attached hydrogen (secondary N) is 1. The largest absolute Gasteiger partial charge is 0.497 e. The van der Waals surface area contributed by atoms with Gasteiger partial charge in [-0.15, -0.1) is 0 Å². The third kappa shape index (κ3) is 4.36. The minimum atomic E-state index is -3.70. The summed E-state index contributed by atoms with van der Waals surface area (Å²) in [6, 6.07) is 11.2. The molecule has 0 aromatic heterocycles. The van der Waals surface area contributed by atoms with Crippen molar-refractivity contribution in [3.63, 3.8) is 0 Å². The van der Waals surface area contributed by atoms with Gasteiger partial charge in [0.05, 0.1) is 12.0 Å². The Labute approximate surface area is 161 Å². The first kappa shape index (κ1) is 19.1. The van der Waals surface area contributed by atoms with Crippen LogP contribution in [-0.2, 0) is 10.0 Å². The second-order valence-electron chi connectivity index (χ2n) is 6.16. The average Bonchev–Trinajstić information content (AvgIpc) is 2.62. The molecule has 1 saturated heterocycles. The lowest BCUT2D eigenvalue weighted by atomic mass is 10.1. The highest BCUT2D eigenvalue weighted by Gasteiger charge is 2.26. The van der Waals surface area contributed by atoms with Crippen LogP contribution in [0.4, 0.5) is 10.1 Å². The monoisotopic (exact) mass is 442 g/mol. The highest BCUT2D eigenvalue weighted by molar-refractivity contribution is 9.10. The van der Waals surface area contributed by atoms with E-state index >= 15 is 0 Å². The number of nitrogens with zero attached hydrogens (tertiary/aromatic N) is 1. The molecule has 3 rings (SSSR count). The Morgan fingerprint density at radius 1 is 1.15 bits per heavy atom. The summed E-state index contributed by atoms with van der Waals surface area (Å²) in [7, 11) is -2.07. The summed E-state index contributed by atoms with van der Waals surface area (Å²) in [5.41, 5.74) is 1.09. The lowest BCUT2D eigenvalue weighted by Gasteiger charge is -2.34. The molecule has 0 saturated carbocycles. The normalized spacial score (nSPS) is 15.9. The Balaban J connectivity index is 1.62. The fourth-order valence-electron chi connectivity index (χ4n) is 3.02. The summed E-state index contributed by atoms with van der Waals surface area (Å²) in [6.07, 6.45) is 1.40. The van der Waals surface area contributed by atoms with Crippen LogP contribution in [0.3, 0.4) is 0 Å². The van der Waals surface area contributed by atoms with E-state index in [-0.39, 0.29) is 15.4 Å². The number of methoxy groups -OCH3 is 1. The number of hydrogen-bond acceptors (Lipinski definition) is 4. The van der Waals surface area contributed by atoms with Crippen LogP contribution in [0.25, 0.3) is 0 Å². The molecular weight excluding hydrogens is 423 g/mol. The Morgan fingerprint density at radius 3 is 2.38 bits per heavy atom. The van der Waals surface area contributed by atoms with Gasteiger partial charge in [0.25, 0.3) is 0 Å². The molecule has 1 aliphatic heterocycles. The van der Waals surface area contributed by atoms with E-state index in [0.717, 1.165) is 36.7 Å². The van der Waals surface area contributed by atoms with Gasteiger partial charge in [-0.2, -0.15) is 0 Å². The van der Waals surface area contributed by atoms with Gasteiger partial charge in [-0.1, -0.05) is 0 Å². The summed E-state index contributed by atoms with van der Waals surface area (Å²) in [6.45, 7) is 1.51. The molecule has 0 unspecified atom stereocenters. The van der Waals surface area contributed by atoms with E-state index in [1.807, 2.05) is 24.3 Å². The summed E-state index contributed by atoms with van der Waals surface area (Å²) in [5.74, 6) is 0.324. The predicted octanol–water partition coefficient (Wildman–Crippen LogP) is 3.54. The van der Waals surface area contributed by atoms with Crippen LogP contribution in [0.2, 0.25) is 0 Å². The maximum atomic E-state index is 13.2. The fourth-order valence-corrected chi connectivity index (χ4v) is 5.38. The van der Waals surface area contributed by atoms with E-state index in [1.165, 1.54) is 6.07 Å². The van der Waals surface area contributed by atoms with Crippen molar-refractivity contribution in [2.75, 3.05) is 25.1 Å². The molecule has 1 fully saturated rings. The molecule has 8 heteroatoms. The lowest BCUT2D eigenvalue weighted by Crippen LogP contribution is -2.44.